The van der Waals surface area contributed by atoms with Crippen LogP contribution in [0, 0.1) is 11.6 Å². The first-order valence-corrected chi connectivity index (χ1v) is 6.30. The number of rotatable bonds is 4. The molecule has 2 rings (SSSR count). The highest BCUT2D eigenvalue weighted by atomic mass is 19.2. The van der Waals surface area contributed by atoms with Crippen LogP contribution in [0.2, 0.25) is 0 Å². The van der Waals surface area contributed by atoms with Gasteiger partial charge in [-0.2, -0.15) is 0 Å². The number of hydrogen-bond acceptors (Lipinski definition) is 4. The van der Waals surface area contributed by atoms with Crippen LogP contribution in [0.5, 0.6) is 0 Å². The van der Waals surface area contributed by atoms with Crippen LogP contribution in [0.25, 0.3) is 0 Å². The van der Waals surface area contributed by atoms with Gasteiger partial charge in [0.15, 0.2) is 11.6 Å². The van der Waals surface area contributed by atoms with Gasteiger partial charge in [0.2, 0.25) is 0 Å². The number of carbonyl (C=O) groups is 2. The Kier molecular flexibility index (Phi) is 4.71. The zero-order chi connectivity index (χ0) is 16.3. The number of amides is 2. The third-order valence-electron chi connectivity index (χ3n) is 3.12. The molecule has 0 bridgehead atoms. The fraction of sp³-hybridized carbons (Fsp3) is 0.286. The van der Waals surface area contributed by atoms with Crippen molar-refractivity contribution in [3.05, 3.63) is 46.7 Å². The Labute approximate surface area is 125 Å². The van der Waals surface area contributed by atoms with E-state index in [1.165, 1.54) is 20.3 Å². The number of benzene rings is 1. The predicted molar refractivity (Wildman–Crippen MR) is 71.7 cm³/mol. The molecule has 118 valence electrons. The van der Waals surface area contributed by atoms with Gasteiger partial charge in [0, 0.05) is 7.11 Å². The summed E-state index contributed by atoms with van der Waals surface area (Å²) in [7, 11) is 2.57. The topological polar surface area (TPSA) is 76.7 Å². The molecule has 1 atom stereocenters. The number of urea groups is 1. The lowest BCUT2D eigenvalue weighted by Gasteiger charge is -2.28. The predicted octanol–water partition coefficient (Wildman–Crippen LogP) is 1.39. The molecule has 2 amide bonds. The molecule has 1 aliphatic heterocycles. The number of esters is 1. The van der Waals surface area contributed by atoms with Crippen molar-refractivity contribution in [2.24, 2.45) is 0 Å². The first-order chi connectivity index (χ1) is 10.5. The number of methoxy groups -OCH3 is 2. The maximum atomic E-state index is 13.4. The largest absolute Gasteiger partial charge is 0.466 e. The van der Waals surface area contributed by atoms with E-state index in [9.17, 15) is 18.4 Å². The molecule has 22 heavy (non-hydrogen) atoms. The second-order valence-corrected chi connectivity index (χ2v) is 4.52. The SMILES string of the molecule is COCC1=C(C(=O)OC)[C@@H](c2ccc(F)c(F)c2)NC(=O)N1. The Morgan fingerprint density at radius 1 is 1.27 bits per heavy atom. The van der Waals surface area contributed by atoms with Crippen molar-refractivity contribution in [3.63, 3.8) is 0 Å². The molecule has 0 saturated carbocycles. The minimum Gasteiger partial charge on any atom is -0.466 e. The van der Waals surface area contributed by atoms with Gasteiger partial charge >= 0.3 is 12.0 Å². The number of hydrogen-bond donors (Lipinski definition) is 2. The summed E-state index contributed by atoms with van der Waals surface area (Å²) in [6, 6.07) is 1.56. The van der Waals surface area contributed by atoms with Crippen LogP contribution in [0.3, 0.4) is 0 Å². The molecule has 1 aliphatic rings. The molecule has 6 nitrogen and oxygen atoms in total. The summed E-state index contributed by atoms with van der Waals surface area (Å²) in [6.45, 7) is -0.0436. The van der Waals surface area contributed by atoms with Crippen LogP contribution in [-0.2, 0) is 14.3 Å². The highest BCUT2D eigenvalue weighted by Gasteiger charge is 2.33. The fourth-order valence-corrected chi connectivity index (χ4v) is 2.17. The van der Waals surface area contributed by atoms with E-state index in [2.05, 4.69) is 10.6 Å². The zero-order valence-corrected chi connectivity index (χ0v) is 11.9. The second-order valence-electron chi connectivity index (χ2n) is 4.52. The van der Waals surface area contributed by atoms with E-state index in [0.717, 1.165) is 12.1 Å². The van der Waals surface area contributed by atoms with E-state index in [0.29, 0.717) is 0 Å². The summed E-state index contributed by atoms with van der Waals surface area (Å²) in [5.41, 5.74) is 0.477. The van der Waals surface area contributed by atoms with E-state index < -0.39 is 29.7 Å². The summed E-state index contributed by atoms with van der Waals surface area (Å²) < 4.78 is 36.1. The molecule has 1 heterocycles. The Morgan fingerprint density at radius 3 is 2.59 bits per heavy atom. The standard InChI is InChI=1S/C14H14F2N2O4/c1-21-6-10-11(13(19)22-2)12(18-14(20)17-10)7-3-4-8(15)9(16)5-7/h3-5,12H,6H2,1-2H3,(H2,17,18,20)/t12-/m1/s1. The molecule has 0 aliphatic carbocycles. The number of ether oxygens (including phenoxy) is 2. The zero-order valence-electron chi connectivity index (χ0n) is 11.9. The fourth-order valence-electron chi connectivity index (χ4n) is 2.17. The maximum absolute atomic E-state index is 13.4. The summed E-state index contributed by atoms with van der Waals surface area (Å²) >= 11 is 0. The molecule has 0 saturated heterocycles. The van der Waals surface area contributed by atoms with Crippen molar-refractivity contribution in [1.82, 2.24) is 10.6 Å². The van der Waals surface area contributed by atoms with Gasteiger partial charge in [0.25, 0.3) is 0 Å². The van der Waals surface area contributed by atoms with Gasteiger partial charge in [-0.05, 0) is 17.7 Å². The first kappa shape index (κ1) is 15.9. The average molecular weight is 312 g/mol. The summed E-state index contributed by atoms with van der Waals surface area (Å²) in [5.74, 6) is -2.82. The Bertz CT molecular complexity index is 646. The molecule has 8 heteroatoms. The number of halogens is 2. The highest BCUT2D eigenvalue weighted by molar-refractivity contribution is 5.95. The van der Waals surface area contributed by atoms with Crippen LogP contribution in [0.4, 0.5) is 13.6 Å². The van der Waals surface area contributed by atoms with Crippen molar-refractivity contribution in [2.45, 2.75) is 6.04 Å². The van der Waals surface area contributed by atoms with Gasteiger partial charge in [-0.25, -0.2) is 18.4 Å². The highest BCUT2D eigenvalue weighted by Crippen LogP contribution is 2.28. The van der Waals surface area contributed by atoms with Crippen LogP contribution >= 0.6 is 0 Å². The number of carbonyl (C=O) groups excluding carboxylic acids is 2. The van der Waals surface area contributed by atoms with Crippen LogP contribution in [-0.4, -0.2) is 32.8 Å². The molecule has 0 spiro atoms. The monoisotopic (exact) mass is 312 g/mol. The third kappa shape index (κ3) is 3.06. The molecule has 1 aromatic rings. The molecule has 0 radical (unpaired) electrons. The lowest BCUT2D eigenvalue weighted by molar-refractivity contribution is -0.136. The van der Waals surface area contributed by atoms with Gasteiger partial charge in [-0.15, -0.1) is 0 Å². The van der Waals surface area contributed by atoms with Gasteiger partial charge in [0.1, 0.15) is 0 Å². The van der Waals surface area contributed by atoms with Crippen LogP contribution in [0.15, 0.2) is 29.5 Å². The van der Waals surface area contributed by atoms with E-state index in [-0.39, 0.29) is 23.4 Å². The molecule has 0 unspecified atom stereocenters. The Morgan fingerprint density at radius 2 is 2.00 bits per heavy atom. The van der Waals surface area contributed by atoms with Crippen LogP contribution < -0.4 is 10.6 Å². The molecule has 1 aromatic carbocycles. The molecule has 2 N–H and O–H groups in total. The van der Waals surface area contributed by atoms with Gasteiger partial charge in [-0.1, -0.05) is 6.07 Å². The number of nitrogens with one attached hydrogen (secondary N) is 2. The maximum Gasteiger partial charge on any atom is 0.338 e. The Balaban J connectivity index is 2.53. The van der Waals surface area contributed by atoms with E-state index in [1.54, 1.807) is 0 Å². The molecular formula is C14H14F2N2O4. The minimum atomic E-state index is -1.08. The van der Waals surface area contributed by atoms with E-state index in [1.807, 2.05) is 0 Å². The molecular weight excluding hydrogens is 298 g/mol. The van der Waals surface area contributed by atoms with Crippen molar-refractivity contribution in [3.8, 4) is 0 Å². The lowest BCUT2D eigenvalue weighted by Crippen LogP contribution is -2.46. The van der Waals surface area contributed by atoms with Gasteiger partial charge in [-0.3, -0.25) is 0 Å². The lowest BCUT2D eigenvalue weighted by atomic mass is 9.95. The quantitative estimate of drug-likeness (QED) is 0.824. The van der Waals surface area contributed by atoms with Gasteiger partial charge in [0.05, 0.1) is 31.0 Å². The normalized spacial score (nSPS) is 17.8. The molecule has 0 fully saturated rings. The second kappa shape index (κ2) is 6.52. The Hall–Kier alpha value is -2.48. The van der Waals surface area contributed by atoms with Crippen LogP contribution in [0.1, 0.15) is 11.6 Å². The third-order valence-corrected chi connectivity index (χ3v) is 3.12. The first-order valence-electron chi connectivity index (χ1n) is 6.30. The van der Waals surface area contributed by atoms with E-state index in [4.69, 9.17) is 9.47 Å². The van der Waals surface area contributed by atoms with Crippen molar-refractivity contribution >= 4 is 12.0 Å². The van der Waals surface area contributed by atoms with Crippen molar-refractivity contribution < 1.29 is 27.8 Å². The van der Waals surface area contributed by atoms with Crippen molar-refractivity contribution in [1.29, 1.82) is 0 Å². The van der Waals surface area contributed by atoms with E-state index >= 15 is 0 Å². The van der Waals surface area contributed by atoms with Gasteiger partial charge < -0.3 is 20.1 Å². The minimum absolute atomic E-state index is 0.0436. The summed E-state index contributed by atoms with van der Waals surface area (Å²) in [5, 5.41) is 4.92. The van der Waals surface area contributed by atoms with Crippen molar-refractivity contribution in [2.75, 3.05) is 20.8 Å². The summed E-state index contributed by atoms with van der Waals surface area (Å²) in [6.07, 6.45) is 0. The smallest absolute Gasteiger partial charge is 0.338 e. The molecule has 0 aromatic heterocycles. The average Bonchev–Trinajstić information content (AvgIpc) is 2.49. The summed E-state index contributed by atoms with van der Waals surface area (Å²) in [4.78, 5) is 23.7.